The van der Waals surface area contributed by atoms with Crippen LogP contribution in [0.25, 0.3) is 10.9 Å². The molecule has 0 fully saturated rings. The largest absolute Gasteiger partial charge is 0.347 e. The molecule has 0 N–H and O–H groups in total. The summed E-state index contributed by atoms with van der Waals surface area (Å²) < 4.78 is 15.1. The molecule has 1 heterocycles. The van der Waals surface area contributed by atoms with Crippen LogP contribution in [0.5, 0.6) is 0 Å². The van der Waals surface area contributed by atoms with Gasteiger partial charge in [0.2, 0.25) is 0 Å². The van der Waals surface area contributed by atoms with Crippen molar-refractivity contribution in [3.63, 3.8) is 0 Å². The topological polar surface area (TPSA) is 4.93 Å². The molecular formula is C10H8Cl2FN. The quantitative estimate of drug-likeness (QED) is 0.606. The van der Waals surface area contributed by atoms with E-state index >= 15 is 0 Å². The van der Waals surface area contributed by atoms with Crippen molar-refractivity contribution >= 4 is 34.1 Å². The second-order valence-corrected chi connectivity index (χ2v) is 4.05. The van der Waals surface area contributed by atoms with E-state index in [0.717, 1.165) is 11.2 Å². The third-order valence-electron chi connectivity index (χ3n) is 2.40. The number of aromatic nitrogens is 1. The molecule has 0 aliphatic rings. The molecule has 2 rings (SSSR count). The Bertz CT molecular complexity index is 517. The zero-order valence-electron chi connectivity index (χ0n) is 7.74. The predicted octanol–water partition coefficient (Wildman–Crippen LogP) is 3.93. The first kappa shape index (κ1) is 9.81. The molecule has 1 nitrogen and oxygen atoms in total. The molecule has 1 aromatic heterocycles. The molecule has 0 radical (unpaired) electrons. The van der Waals surface area contributed by atoms with E-state index in [1.165, 1.54) is 6.07 Å². The lowest BCUT2D eigenvalue weighted by molar-refractivity contribution is 0.630. The van der Waals surface area contributed by atoms with Crippen LogP contribution in [0.1, 0.15) is 5.69 Å². The van der Waals surface area contributed by atoms with Crippen LogP contribution in [-0.2, 0) is 7.05 Å². The molecular weight excluding hydrogens is 224 g/mol. The fourth-order valence-electron chi connectivity index (χ4n) is 1.56. The number of halogens is 3. The van der Waals surface area contributed by atoms with E-state index in [4.69, 9.17) is 23.2 Å². The highest BCUT2D eigenvalue weighted by molar-refractivity contribution is 6.40. The first-order valence-electron chi connectivity index (χ1n) is 4.12. The lowest BCUT2D eigenvalue weighted by Crippen LogP contribution is -1.90. The highest BCUT2D eigenvalue weighted by atomic mass is 35.5. The monoisotopic (exact) mass is 231 g/mol. The Morgan fingerprint density at radius 2 is 1.93 bits per heavy atom. The molecule has 0 atom stereocenters. The third-order valence-corrected chi connectivity index (χ3v) is 3.07. The van der Waals surface area contributed by atoms with Gasteiger partial charge in [-0.1, -0.05) is 23.2 Å². The van der Waals surface area contributed by atoms with Crippen molar-refractivity contribution in [3.05, 3.63) is 33.7 Å². The first-order valence-corrected chi connectivity index (χ1v) is 4.87. The molecule has 14 heavy (non-hydrogen) atoms. The van der Waals surface area contributed by atoms with Gasteiger partial charge in [0.1, 0.15) is 5.82 Å². The maximum atomic E-state index is 13.2. The number of nitrogens with zero attached hydrogens (tertiary/aromatic N) is 1. The SMILES string of the molecule is Cc1cc2c(Cl)c(F)cc(Cl)c2n1C. The number of benzene rings is 1. The van der Waals surface area contributed by atoms with Gasteiger partial charge in [0.15, 0.2) is 0 Å². The fraction of sp³-hybridized carbons (Fsp3) is 0.200. The molecule has 0 spiro atoms. The van der Waals surface area contributed by atoms with Crippen LogP contribution >= 0.6 is 23.2 Å². The highest BCUT2D eigenvalue weighted by Gasteiger charge is 2.13. The van der Waals surface area contributed by atoms with Crippen LogP contribution in [0.2, 0.25) is 10.0 Å². The molecule has 0 unspecified atom stereocenters. The minimum absolute atomic E-state index is 0.133. The van der Waals surface area contributed by atoms with Crippen LogP contribution in [0.4, 0.5) is 4.39 Å². The Morgan fingerprint density at radius 1 is 1.29 bits per heavy atom. The summed E-state index contributed by atoms with van der Waals surface area (Å²) in [6, 6.07) is 3.07. The van der Waals surface area contributed by atoms with Gasteiger partial charge in [0.05, 0.1) is 15.6 Å². The van der Waals surface area contributed by atoms with E-state index in [1.807, 2.05) is 24.6 Å². The molecule has 4 heteroatoms. The second-order valence-electron chi connectivity index (χ2n) is 3.26. The number of fused-ring (bicyclic) bond motifs is 1. The molecule has 0 amide bonds. The Hall–Kier alpha value is -0.730. The minimum atomic E-state index is -0.477. The fourth-order valence-corrected chi connectivity index (χ4v) is 2.08. The summed E-state index contributed by atoms with van der Waals surface area (Å²) >= 11 is 11.8. The zero-order valence-corrected chi connectivity index (χ0v) is 9.25. The minimum Gasteiger partial charge on any atom is -0.347 e. The Kier molecular flexibility index (Phi) is 2.20. The van der Waals surface area contributed by atoms with Crippen LogP contribution in [0.3, 0.4) is 0 Å². The van der Waals surface area contributed by atoms with E-state index in [-0.39, 0.29) is 5.02 Å². The molecule has 74 valence electrons. The van der Waals surface area contributed by atoms with Crippen LogP contribution in [0.15, 0.2) is 12.1 Å². The second kappa shape index (κ2) is 3.14. The maximum Gasteiger partial charge on any atom is 0.144 e. The summed E-state index contributed by atoms with van der Waals surface area (Å²) in [6.45, 7) is 1.92. The van der Waals surface area contributed by atoms with Crippen molar-refractivity contribution < 1.29 is 4.39 Å². The summed E-state index contributed by atoms with van der Waals surface area (Å²) in [4.78, 5) is 0. The van der Waals surface area contributed by atoms with Gasteiger partial charge in [-0.25, -0.2) is 4.39 Å². The lowest BCUT2D eigenvalue weighted by Gasteiger charge is -2.02. The standard InChI is InChI=1S/C10H8Cl2FN/c1-5-3-6-9(12)8(13)4-7(11)10(6)14(5)2/h3-4H,1-2H3. The normalized spacial score (nSPS) is 11.2. The van der Waals surface area contributed by atoms with Gasteiger partial charge < -0.3 is 4.57 Å². The zero-order chi connectivity index (χ0) is 10.5. The van der Waals surface area contributed by atoms with Gasteiger partial charge in [0, 0.05) is 18.1 Å². The van der Waals surface area contributed by atoms with E-state index in [9.17, 15) is 4.39 Å². The van der Waals surface area contributed by atoms with E-state index in [0.29, 0.717) is 10.4 Å². The maximum absolute atomic E-state index is 13.2. The molecule has 0 aliphatic heterocycles. The van der Waals surface area contributed by atoms with E-state index < -0.39 is 5.82 Å². The van der Waals surface area contributed by atoms with Crippen LogP contribution < -0.4 is 0 Å². The molecule has 0 aliphatic carbocycles. The van der Waals surface area contributed by atoms with Gasteiger partial charge in [-0.05, 0) is 19.1 Å². The summed E-state index contributed by atoms with van der Waals surface area (Å²) in [5.41, 5.74) is 1.77. The van der Waals surface area contributed by atoms with Gasteiger partial charge in [-0.2, -0.15) is 0 Å². The number of hydrogen-bond donors (Lipinski definition) is 0. The molecule has 1 aromatic carbocycles. The predicted molar refractivity (Wildman–Crippen MR) is 57.6 cm³/mol. The van der Waals surface area contributed by atoms with Gasteiger partial charge in [-0.15, -0.1) is 0 Å². The highest BCUT2D eigenvalue weighted by Crippen LogP contribution is 2.33. The summed E-state index contributed by atoms with van der Waals surface area (Å²) in [5.74, 6) is -0.477. The summed E-state index contributed by atoms with van der Waals surface area (Å²) in [7, 11) is 1.87. The van der Waals surface area contributed by atoms with Gasteiger partial charge in [0.25, 0.3) is 0 Å². The Morgan fingerprint density at radius 3 is 2.57 bits per heavy atom. The van der Waals surface area contributed by atoms with Crippen LogP contribution in [0, 0.1) is 12.7 Å². The average molecular weight is 232 g/mol. The van der Waals surface area contributed by atoms with Gasteiger partial charge >= 0.3 is 0 Å². The summed E-state index contributed by atoms with van der Waals surface area (Å²) in [6.07, 6.45) is 0. The van der Waals surface area contributed by atoms with Crippen molar-refractivity contribution in [2.75, 3.05) is 0 Å². The van der Waals surface area contributed by atoms with Crippen molar-refractivity contribution in [1.29, 1.82) is 0 Å². The Labute approximate surface area is 91.0 Å². The Balaban J connectivity index is 3.02. The lowest BCUT2D eigenvalue weighted by atomic mass is 10.2. The molecule has 0 saturated heterocycles. The summed E-state index contributed by atoms with van der Waals surface area (Å²) in [5, 5.41) is 1.18. The molecule has 0 saturated carbocycles. The van der Waals surface area contributed by atoms with Crippen LogP contribution in [-0.4, -0.2) is 4.57 Å². The first-order chi connectivity index (χ1) is 6.52. The van der Waals surface area contributed by atoms with E-state index in [2.05, 4.69) is 0 Å². The van der Waals surface area contributed by atoms with Crippen molar-refractivity contribution in [2.45, 2.75) is 6.92 Å². The van der Waals surface area contributed by atoms with Crippen molar-refractivity contribution in [3.8, 4) is 0 Å². The number of aryl methyl sites for hydroxylation is 2. The van der Waals surface area contributed by atoms with Crippen molar-refractivity contribution in [1.82, 2.24) is 4.57 Å². The van der Waals surface area contributed by atoms with Crippen molar-refractivity contribution in [2.24, 2.45) is 7.05 Å². The van der Waals surface area contributed by atoms with Gasteiger partial charge in [-0.3, -0.25) is 0 Å². The van der Waals surface area contributed by atoms with E-state index in [1.54, 1.807) is 0 Å². The number of hydrogen-bond acceptors (Lipinski definition) is 0. The number of rotatable bonds is 0. The molecule has 0 bridgehead atoms. The third kappa shape index (κ3) is 1.22. The average Bonchev–Trinajstić information content (AvgIpc) is 2.40. The smallest absolute Gasteiger partial charge is 0.144 e. The molecule has 2 aromatic rings.